The maximum atomic E-state index is 9.41. The fraction of sp³-hybridized carbons (Fsp3) is 0.400. The number of aliphatic hydroxyl groups is 1. The van der Waals surface area contributed by atoms with E-state index in [1.807, 2.05) is 47.3 Å². The highest BCUT2D eigenvalue weighted by Gasteiger charge is 2.35. The molecule has 1 aliphatic carbocycles. The lowest BCUT2D eigenvalue weighted by atomic mass is 9.77. The van der Waals surface area contributed by atoms with E-state index in [0.717, 1.165) is 24.2 Å². The molecular formula is C15H19N3O. The minimum atomic E-state index is -0.0590. The molecule has 0 saturated heterocycles. The lowest BCUT2D eigenvalue weighted by Crippen LogP contribution is -2.53. The zero-order chi connectivity index (χ0) is 13.1. The van der Waals surface area contributed by atoms with Gasteiger partial charge in [-0.1, -0.05) is 18.2 Å². The molecule has 1 aromatic carbocycles. The fourth-order valence-electron chi connectivity index (χ4n) is 2.45. The predicted octanol–water partition coefficient (Wildman–Crippen LogP) is 1.88. The van der Waals surface area contributed by atoms with E-state index in [1.54, 1.807) is 0 Å². The van der Waals surface area contributed by atoms with Crippen LogP contribution >= 0.6 is 0 Å². The average Bonchev–Trinajstić information content (AvgIpc) is 2.88. The molecule has 0 spiro atoms. The van der Waals surface area contributed by atoms with Gasteiger partial charge < -0.3 is 10.4 Å². The van der Waals surface area contributed by atoms with Crippen LogP contribution < -0.4 is 5.32 Å². The number of para-hydroxylation sites is 1. The first-order chi connectivity index (χ1) is 9.31. The maximum Gasteiger partial charge on any atom is 0.0767 e. The van der Waals surface area contributed by atoms with Gasteiger partial charge in [-0.25, -0.2) is 4.68 Å². The molecule has 0 radical (unpaired) electrons. The zero-order valence-corrected chi connectivity index (χ0v) is 10.9. The van der Waals surface area contributed by atoms with Gasteiger partial charge in [0.1, 0.15) is 0 Å². The van der Waals surface area contributed by atoms with Crippen LogP contribution in [0.3, 0.4) is 0 Å². The number of nitrogens with zero attached hydrogens (tertiary/aromatic N) is 2. The van der Waals surface area contributed by atoms with Crippen molar-refractivity contribution in [2.24, 2.45) is 0 Å². The molecule has 0 unspecified atom stereocenters. The SMILES string of the molecule is OCC1(NCc2ccn(-c3ccccc3)n2)CCC1. The largest absolute Gasteiger partial charge is 0.394 e. The summed E-state index contributed by atoms with van der Waals surface area (Å²) in [7, 11) is 0. The molecule has 1 aromatic heterocycles. The quantitative estimate of drug-likeness (QED) is 0.860. The number of hydrogen-bond acceptors (Lipinski definition) is 3. The van der Waals surface area contributed by atoms with Crippen molar-refractivity contribution in [3.8, 4) is 5.69 Å². The van der Waals surface area contributed by atoms with Gasteiger partial charge in [-0.3, -0.25) is 0 Å². The lowest BCUT2D eigenvalue weighted by molar-refractivity contribution is 0.0868. The zero-order valence-electron chi connectivity index (χ0n) is 10.9. The smallest absolute Gasteiger partial charge is 0.0767 e. The molecule has 1 fully saturated rings. The van der Waals surface area contributed by atoms with Crippen LogP contribution in [0.5, 0.6) is 0 Å². The van der Waals surface area contributed by atoms with Crippen molar-refractivity contribution in [1.29, 1.82) is 0 Å². The van der Waals surface area contributed by atoms with E-state index >= 15 is 0 Å². The van der Waals surface area contributed by atoms with Gasteiger partial charge in [0, 0.05) is 18.3 Å². The Hall–Kier alpha value is -1.65. The van der Waals surface area contributed by atoms with Crippen LogP contribution in [-0.2, 0) is 6.54 Å². The van der Waals surface area contributed by atoms with Crippen molar-refractivity contribution >= 4 is 0 Å². The van der Waals surface area contributed by atoms with Gasteiger partial charge >= 0.3 is 0 Å². The highest BCUT2D eigenvalue weighted by atomic mass is 16.3. The third-order valence-electron chi connectivity index (χ3n) is 3.92. The molecule has 0 atom stereocenters. The van der Waals surface area contributed by atoms with Crippen molar-refractivity contribution in [1.82, 2.24) is 15.1 Å². The molecule has 1 aliphatic rings. The summed E-state index contributed by atoms with van der Waals surface area (Å²) in [6, 6.07) is 12.1. The van der Waals surface area contributed by atoms with Crippen molar-refractivity contribution in [2.75, 3.05) is 6.61 Å². The normalized spacial score (nSPS) is 17.1. The second kappa shape index (κ2) is 5.15. The molecule has 19 heavy (non-hydrogen) atoms. The van der Waals surface area contributed by atoms with Gasteiger partial charge in [-0.15, -0.1) is 0 Å². The summed E-state index contributed by atoms with van der Waals surface area (Å²) in [6.07, 6.45) is 5.29. The molecule has 2 aromatic rings. The van der Waals surface area contributed by atoms with Crippen molar-refractivity contribution in [2.45, 2.75) is 31.3 Å². The van der Waals surface area contributed by atoms with Gasteiger partial charge in [0.15, 0.2) is 0 Å². The van der Waals surface area contributed by atoms with Crippen LogP contribution in [-0.4, -0.2) is 27.0 Å². The summed E-state index contributed by atoms with van der Waals surface area (Å²) < 4.78 is 1.88. The van der Waals surface area contributed by atoms with Crippen molar-refractivity contribution in [3.63, 3.8) is 0 Å². The van der Waals surface area contributed by atoms with Gasteiger partial charge in [-0.2, -0.15) is 5.10 Å². The number of nitrogens with one attached hydrogen (secondary N) is 1. The molecule has 0 aliphatic heterocycles. The first-order valence-electron chi connectivity index (χ1n) is 6.77. The van der Waals surface area contributed by atoms with Crippen LogP contribution in [0.25, 0.3) is 5.69 Å². The Kier molecular flexibility index (Phi) is 3.36. The highest BCUT2D eigenvalue weighted by Crippen LogP contribution is 2.31. The second-order valence-electron chi connectivity index (χ2n) is 5.23. The Balaban J connectivity index is 1.65. The summed E-state index contributed by atoms with van der Waals surface area (Å²) in [5.74, 6) is 0. The molecule has 100 valence electrons. The molecule has 1 saturated carbocycles. The summed E-state index contributed by atoms with van der Waals surface area (Å²) >= 11 is 0. The summed E-state index contributed by atoms with van der Waals surface area (Å²) in [6.45, 7) is 0.923. The monoisotopic (exact) mass is 257 g/mol. The van der Waals surface area contributed by atoms with Crippen molar-refractivity contribution in [3.05, 3.63) is 48.3 Å². The Bertz CT molecular complexity index is 526. The molecule has 3 rings (SSSR count). The molecule has 1 heterocycles. The van der Waals surface area contributed by atoms with E-state index in [4.69, 9.17) is 0 Å². The molecule has 4 heteroatoms. The molecular weight excluding hydrogens is 238 g/mol. The van der Waals surface area contributed by atoms with Gasteiger partial charge in [0.2, 0.25) is 0 Å². The van der Waals surface area contributed by atoms with Crippen LogP contribution in [0.2, 0.25) is 0 Å². The van der Waals surface area contributed by atoms with Crippen LogP contribution in [0.1, 0.15) is 25.0 Å². The lowest BCUT2D eigenvalue weighted by Gasteiger charge is -2.41. The summed E-state index contributed by atoms with van der Waals surface area (Å²) in [4.78, 5) is 0. The fourth-order valence-corrected chi connectivity index (χ4v) is 2.45. The van der Waals surface area contributed by atoms with Crippen molar-refractivity contribution < 1.29 is 5.11 Å². The molecule has 2 N–H and O–H groups in total. The summed E-state index contributed by atoms with van der Waals surface area (Å²) in [5, 5.41) is 17.4. The van der Waals surface area contributed by atoms with Gasteiger partial charge in [0.05, 0.1) is 18.0 Å². The first-order valence-corrected chi connectivity index (χ1v) is 6.77. The molecule has 0 amide bonds. The van der Waals surface area contributed by atoms with E-state index < -0.39 is 0 Å². The number of hydrogen-bond donors (Lipinski definition) is 2. The topological polar surface area (TPSA) is 50.1 Å². The van der Waals surface area contributed by atoms with E-state index in [9.17, 15) is 5.11 Å². The third kappa shape index (κ3) is 2.55. The van der Waals surface area contributed by atoms with E-state index in [-0.39, 0.29) is 12.1 Å². The maximum absolute atomic E-state index is 9.41. The minimum Gasteiger partial charge on any atom is -0.394 e. The number of aliphatic hydroxyl groups excluding tert-OH is 1. The first kappa shape index (κ1) is 12.4. The summed E-state index contributed by atoms with van der Waals surface area (Å²) in [5.41, 5.74) is 2.01. The van der Waals surface area contributed by atoms with E-state index in [0.29, 0.717) is 6.54 Å². The average molecular weight is 257 g/mol. The highest BCUT2D eigenvalue weighted by molar-refractivity contribution is 5.30. The van der Waals surface area contributed by atoms with E-state index in [1.165, 1.54) is 6.42 Å². The van der Waals surface area contributed by atoms with Crippen LogP contribution in [0, 0.1) is 0 Å². The Morgan fingerprint density at radius 3 is 2.63 bits per heavy atom. The second-order valence-corrected chi connectivity index (χ2v) is 5.23. The van der Waals surface area contributed by atoms with Gasteiger partial charge in [-0.05, 0) is 37.5 Å². The Morgan fingerprint density at radius 1 is 1.21 bits per heavy atom. The minimum absolute atomic E-state index is 0.0590. The molecule has 4 nitrogen and oxygen atoms in total. The predicted molar refractivity (Wildman–Crippen MR) is 74.1 cm³/mol. The Morgan fingerprint density at radius 2 is 2.00 bits per heavy atom. The number of rotatable bonds is 5. The number of aromatic nitrogens is 2. The van der Waals surface area contributed by atoms with Crippen LogP contribution in [0.4, 0.5) is 0 Å². The third-order valence-corrected chi connectivity index (χ3v) is 3.92. The Labute approximate surface area is 113 Å². The number of benzene rings is 1. The standard InChI is InChI=1S/C15H19N3O/c19-12-15(8-4-9-15)16-11-13-7-10-18(17-13)14-5-2-1-3-6-14/h1-3,5-7,10,16,19H,4,8-9,11-12H2. The van der Waals surface area contributed by atoms with Gasteiger partial charge in [0.25, 0.3) is 0 Å². The van der Waals surface area contributed by atoms with Crippen LogP contribution in [0.15, 0.2) is 42.6 Å². The molecule has 0 bridgehead atoms. The van der Waals surface area contributed by atoms with E-state index in [2.05, 4.69) is 10.4 Å².